The van der Waals surface area contributed by atoms with Crippen LogP contribution in [0.25, 0.3) is 0 Å². The molecule has 3 heteroatoms. The summed E-state index contributed by atoms with van der Waals surface area (Å²) in [5.41, 5.74) is 0. The molecule has 2 heterocycles. The minimum absolute atomic E-state index is 0.449. The van der Waals surface area contributed by atoms with Crippen molar-refractivity contribution in [3.05, 3.63) is 0 Å². The second-order valence-corrected chi connectivity index (χ2v) is 7.07. The highest BCUT2D eigenvalue weighted by molar-refractivity contribution is 4.78. The normalized spacial score (nSPS) is 30.6. The van der Waals surface area contributed by atoms with E-state index in [9.17, 15) is 0 Å². The molecule has 20 heavy (non-hydrogen) atoms. The van der Waals surface area contributed by atoms with Gasteiger partial charge in [-0.25, -0.2) is 0 Å². The van der Waals surface area contributed by atoms with E-state index in [1.165, 1.54) is 51.7 Å². The van der Waals surface area contributed by atoms with E-state index < -0.39 is 0 Å². The van der Waals surface area contributed by atoms with E-state index in [2.05, 4.69) is 31.0 Å². The zero-order chi connectivity index (χ0) is 14.4. The van der Waals surface area contributed by atoms with Gasteiger partial charge < -0.3 is 15.0 Å². The van der Waals surface area contributed by atoms with Gasteiger partial charge in [-0.15, -0.1) is 0 Å². The summed E-state index contributed by atoms with van der Waals surface area (Å²) in [5.74, 6) is 1.80. The Bertz CT molecular complexity index is 264. The smallest absolute Gasteiger partial charge is 0.0726 e. The van der Waals surface area contributed by atoms with Crippen LogP contribution in [0.4, 0.5) is 0 Å². The third kappa shape index (κ3) is 5.01. The molecule has 2 aliphatic heterocycles. The van der Waals surface area contributed by atoms with E-state index in [0.717, 1.165) is 25.0 Å². The quantitative estimate of drug-likeness (QED) is 0.811. The summed E-state index contributed by atoms with van der Waals surface area (Å²) in [6, 6.07) is 0.507. The van der Waals surface area contributed by atoms with Crippen LogP contribution in [0.1, 0.15) is 52.9 Å². The third-order valence-corrected chi connectivity index (χ3v) is 5.23. The molecule has 3 nitrogen and oxygen atoms in total. The summed E-state index contributed by atoms with van der Waals surface area (Å²) >= 11 is 0. The fourth-order valence-electron chi connectivity index (χ4n) is 3.65. The lowest BCUT2D eigenvalue weighted by molar-refractivity contribution is 0.0826. The van der Waals surface area contributed by atoms with Crippen LogP contribution in [0.2, 0.25) is 0 Å². The van der Waals surface area contributed by atoms with Crippen molar-refractivity contribution in [3.63, 3.8) is 0 Å². The van der Waals surface area contributed by atoms with Gasteiger partial charge in [0, 0.05) is 25.7 Å². The lowest BCUT2D eigenvalue weighted by atomic mass is 9.89. The van der Waals surface area contributed by atoms with E-state index in [-0.39, 0.29) is 0 Å². The minimum atomic E-state index is 0.449. The van der Waals surface area contributed by atoms with Gasteiger partial charge in [0.2, 0.25) is 0 Å². The molecule has 0 aliphatic carbocycles. The van der Waals surface area contributed by atoms with Crippen molar-refractivity contribution in [2.24, 2.45) is 11.8 Å². The highest BCUT2D eigenvalue weighted by Gasteiger charge is 2.22. The van der Waals surface area contributed by atoms with Crippen molar-refractivity contribution in [3.8, 4) is 0 Å². The molecule has 0 aromatic heterocycles. The molecular formula is C17H34N2O. The van der Waals surface area contributed by atoms with E-state index in [1.807, 2.05) is 0 Å². The lowest BCUT2D eigenvalue weighted by Crippen LogP contribution is -2.41. The zero-order valence-electron chi connectivity index (χ0n) is 13.7. The monoisotopic (exact) mass is 282 g/mol. The van der Waals surface area contributed by atoms with Gasteiger partial charge in [0.15, 0.2) is 0 Å². The zero-order valence-corrected chi connectivity index (χ0v) is 13.7. The van der Waals surface area contributed by atoms with E-state index in [1.54, 1.807) is 0 Å². The van der Waals surface area contributed by atoms with Crippen LogP contribution < -0.4 is 5.32 Å². The highest BCUT2D eigenvalue weighted by atomic mass is 16.5. The van der Waals surface area contributed by atoms with Crippen molar-refractivity contribution in [1.29, 1.82) is 0 Å². The summed E-state index contributed by atoms with van der Waals surface area (Å²) in [5, 5.41) is 3.66. The Labute approximate surface area is 125 Å². The number of hydrogen-bond donors (Lipinski definition) is 1. The highest BCUT2D eigenvalue weighted by Crippen LogP contribution is 2.24. The SMILES string of the molecule is CC(C)C1CCCN(CCNC(C)C2CCCO2)CC1. The topological polar surface area (TPSA) is 24.5 Å². The summed E-state index contributed by atoms with van der Waals surface area (Å²) in [6.45, 7) is 12.9. The van der Waals surface area contributed by atoms with Crippen LogP contribution in [0.3, 0.4) is 0 Å². The van der Waals surface area contributed by atoms with Gasteiger partial charge in [0.05, 0.1) is 6.10 Å². The van der Waals surface area contributed by atoms with Crippen LogP contribution in [0.5, 0.6) is 0 Å². The maximum atomic E-state index is 5.74. The Kier molecular flexibility index (Phi) is 6.79. The molecule has 0 radical (unpaired) electrons. The molecule has 0 saturated carbocycles. The van der Waals surface area contributed by atoms with Gasteiger partial charge in [0.1, 0.15) is 0 Å². The summed E-state index contributed by atoms with van der Waals surface area (Å²) in [6.07, 6.45) is 7.11. The second kappa shape index (κ2) is 8.35. The molecule has 2 aliphatic rings. The minimum Gasteiger partial charge on any atom is -0.377 e. The largest absolute Gasteiger partial charge is 0.377 e. The van der Waals surface area contributed by atoms with Crippen LogP contribution >= 0.6 is 0 Å². The number of nitrogens with one attached hydrogen (secondary N) is 1. The van der Waals surface area contributed by atoms with Crippen molar-refractivity contribution in [1.82, 2.24) is 10.2 Å². The Balaban J connectivity index is 1.61. The van der Waals surface area contributed by atoms with Crippen molar-refractivity contribution in [2.75, 3.05) is 32.8 Å². The van der Waals surface area contributed by atoms with E-state index in [0.29, 0.717) is 12.1 Å². The first-order chi connectivity index (χ1) is 9.66. The number of nitrogens with zero attached hydrogens (tertiary/aromatic N) is 1. The fourth-order valence-corrected chi connectivity index (χ4v) is 3.65. The maximum absolute atomic E-state index is 5.74. The van der Waals surface area contributed by atoms with E-state index >= 15 is 0 Å². The second-order valence-electron chi connectivity index (χ2n) is 7.07. The maximum Gasteiger partial charge on any atom is 0.0726 e. The van der Waals surface area contributed by atoms with Crippen molar-refractivity contribution < 1.29 is 4.74 Å². The number of ether oxygens (including phenoxy) is 1. The number of likely N-dealkylation sites (tertiary alicyclic amines) is 1. The molecule has 0 bridgehead atoms. The molecule has 0 amide bonds. The molecule has 0 aromatic carbocycles. The molecule has 3 atom stereocenters. The molecule has 0 aromatic rings. The summed E-state index contributed by atoms with van der Waals surface area (Å²) < 4.78 is 5.74. The predicted molar refractivity (Wildman–Crippen MR) is 85.1 cm³/mol. The fraction of sp³-hybridized carbons (Fsp3) is 1.00. The number of hydrogen-bond acceptors (Lipinski definition) is 3. The van der Waals surface area contributed by atoms with Gasteiger partial charge in [-0.2, -0.15) is 0 Å². The van der Waals surface area contributed by atoms with Gasteiger partial charge >= 0.3 is 0 Å². The molecule has 2 rings (SSSR count). The summed E-state index contributed by atoms with van der Waals surface area (Å²) in [7, 11) is 0. The third-order valence-electron chi connectivity index (χ3n) is 5.23. The Hall–Kier alpha value is -0.120. The average molecular weight is 282 g/mol. The Morgan fingerprint density at radius 3 is 2.65 bits per heavy atom. The predicted octanol–water partition coefficient (Wildman–Crippen LogP) is 2.90. The Morgan fingerprint density at radius 2 is 1.95 bits per heavy atom. The van der Waals surface area contributed by atoms with Crippen molar-refractivity contribution in [2.45, 2.75) is 65.0 Å². The van der Waals surface area contributed by atoms with Gasteiger partial charge in [-0.05, 0) is 64.0 Å². The van der Waals surface area contributed by atoms with Crippen LogP contribution in [-0.2, 0) is 4.74 Å². The van der Waals surface area contributed by atoms with Crippen molar-refractivity contribution >= 4 is 0 Å². The van der Waals surface area contributed by atoms with Crippen LogP contribution in [-0.4, -0.2) is 49.8 Å². The molecule has 3 unspecified atom stereocenters. The standard InChI is InChI=1S/C17H34N2O/c1-14(2)16-6-4-10-19(11-8-16)12-9-18-15(3)17-7-5-13-20-17/h14-18H,4-13H2,1-3H3. The lowest BCUT2D eigenvalue weighted by Gasteiger charge is -2.24. The summed E-state index contributed by atoms with van der Waals surface area (Å²) in [4.78, 5) is 2.65. The van der Waals surface area contributed by atoms with Crippen LogP contribution in [0, 0.1) is 11.8 Å². The van der Waals surface area contributed by atoms with Crippen LogP contribution in [0.15, 0.2) is 0 Å². The first kappa shape index (κ1) is 16.3. The van der Waals surface area contributed by atoms with Gasteiger partial charge in [0.25, 0.3) is 0 Å². The molecule has 118 valence electrons. The number of rotatable bonds is 6. The first-order valence-electron chi connectivity index (χ1n) is 8.74. The van der Waals surface area contributed by atoms with E-state index in [4.69, 9.17) is 4.74 Å². The average Bonchev–Trinajstić information content (AvgIpc) is 2.85. The van der Waals surface area contributed by atoms with Gasteiger partial charge in [-0.3, -0.25) is 0 Å². The molecule has 2 fully saturated rings. The molecule has 0 spiro atoms. The van der Waals surface area contributed by atoms with Gasteiger partial charge in [-0.1, -0.05) is 13.8 Å². The molecule has 2 saturated heterocycles. The molecular weight excluding hydrogens is 248 g/mol. The Morgan fingerprint density at radius 1 is 1.10 bits per heavy atom. The first-order valence-corrected chi connectivity index (χ1v) is 8.74. The molecule has 1 N–H and O–H groups in total.